The Morgan fingerprint density at radius 3 is 2.15 bits per heavy atom. The lowest BCUT2D eigenvalue weighted by molar-refractivity contribution is 0.609. The van der Waals surface area contributed by atoms with Crippen molar-refractivity contribution in [1.29, 1.82) is 0 Å². The van der Waals surface area contributed by atoms with Crippen molar-refractivity contribution in [1.82, 2.24) is 0 Å². The Labute approximate surface area is 117 Å². The van der Waals surface area contributed by atoms with E-state index in [1.807, 2.05) is 6.07 Å². The van der Waals surface area contributed by atoms with E-state index < -0.39 is 0 Å². The highest BCUT2D eigenvalue weighted by Crippen LogP contribution is 2.49. The maximum absolute atomic E-state index is 13.6. The van der Waals surface area contributed by atoms with Gasteiger partial charge in [-0.1, -0.05) is 44.2 Å². The number of benzene rings is 3. The van der Waals surface area contributed by atoms with Gasteiger partial charge in [0.25, 0.3) is 0 Å². The van der Waals surface area contributed by atoms with Crippen LogP contribution in [0.5, 0.6) is 0 Å². The van der Waals surface area contributed by atoms with Crippen LogP contribution < -0.4 is 0 Å². The molecule has 0 aromatic heterocycles. The predicted molar refractivity (Wildman–Crippen MR) is 81.5 cm³/mol. The summed E-state index contributed by atoms with van der Waals surface area (Å²) in [5.41, 5.74) is 4.64. The number of rotatable bonds is 0. The van der Waals surface area contributed by atoms with Crippen LogP contribution in [0.15, 0.2) is 54.6 Å². The van der Waals surface area contributed by atoms with Crippen LogP contribution in [0, 0.1) is 5.82 Å². The minimum atomic E-state index is -0.158. The minimum Gasteiger partial charge on any atom is -0.207 e. The van der Waals surface area contributed by atoms with Crippen LogP contribution in [-0.4, -0.2) is 0 Å². The SMILES string of the molecule is CC1(C)c2cc(F)ccc2-c2cc3ccccc3cc21. The summed E-state index contributed by atoms with van der Waals surface area (Å²) >= 11 is 0. The third-order valence-electron chi connectivity index (χ3n) is 4.50. The van der Waals surface area contributed by atoms with Gasteiger partial charge in [-0.2, -0.15) is 0 Å². The van der Waals surface area contributed by atoms with Gasteiger partial charge in [-0.05, 0) is 57.3 Å². The first kappa shape index (κ1) is 11.7. The summed E-state index contributed by atoms with van der Waals surface area (Å²) < 4.78 is 13.6. The average Bonchev–Trinajstić information content (AvgIpc) is 2.65. The van der Waals surface area contributed by atoms with E-state index in [1.165, 1.54) is 21.9 Å². The first-order chi connectivity index (χ1) is 9.57. The van der Waals surface area contributed by atoms with Crippen molar-refractivity contribution in [3.63, 3.8) is 0 Å². The third kappa shape index (κ3) is 1.41. The van der Waals surface area contributed by atoms with Crippen LogP contribution in [-0.2, 0) is 5.41 Å². The molecule has 98 valence electrons. The molecule has 0 fully saturated rings. The largest absolute Gasteiger partial charge is 0.207 e. The minimum absolute atomic E-state index is 0.142. The summed E-state index contributed by atoms with van der Waals surface area (Å²) in [6.07, 6.45) is 0. The van der Waals surface area contributed by atoms with E-state index in [9.17, 15) is 4.39 Å². The predicted octanol–water partition coefficient (Wildman–Crippen LogP) is 5.29. The molecule has 0 amide bonds. The molecule has 0 unspecified atom stereocenters. The number of hydrogen-bond donors (Lipinski definition) is 0. The lowest BCUT2D eigenvalue weighted by atomic mass is 9.82. The second-order valence-electron chi connectivity index (χ2n) is 6.06. The van der Waals surface area contributed by atoms with Crippen LogP contribution in [0.2, 0.25) is 0 Å². The summed E-state index contributed by atoms with van der Waals surface area (Å²) in [5, 5.41) is 2.48. The van der Waals surface area contributed by atoms with E-state index in [0.717, 1.165) is 11.1 Å². The Balaban J connectivity index is 2.12. The normalized spacial score (nSPS) is 15.2. The van der Waals surface area contributed by atoms with E-state index in [-0.39, 0.29) is 11.2 Å². The van der Waals surface area contributed by atoms with Gasteiger partial charge in [-0.3, -0.25) is 0 Å². The highest BCUT2D eigenvalue weighted by molar-refractivity contribution is 5.93. The molecular formula is C19H15F. The first-order valence-corrected chi connectivity index (χ1v) is 6.91. The molecule has 4 rings (SSSR count). The van der Waals surface area contributed by atoms with E-state index >= 15 is 0 Å². The van der Waals surface area contributed by atoms with Gasteiger partial charge in [0, 0.05) is 5.41 Å². The van der Waals surface area contributed by atoms with Crippen LogP contribution >= 0.6 is 0 Å². The summed E-state index contributed by atoms with van der Waals surface area (Å²) in [4.78, 5) is 0. The van der Waals surface area contributed by atoms with Gasteiger partial charge < -0.3 is 0 Å². The molecule has 20 heavy (non-hydrogen) atoms. The molecule has 3 aromatic carbocycles. The van der Waals surface area contributed by atoms with E-state index in [4.69, 9.17) is 0 Å². The molecule has 0 bridgehead atoms. The topological polar surface area (TPSA) is 0 Å². The second-order valence-corrected chi connectivity index (χ2v) is 6.06. The second kappa shape index (κ2) is 3.69. The Kier molecular flexibility index (Phi) is 2.15. The zero-order valence-corrected chi connectivity index (χ0v) is 11.6. The van der Waals surface area contributed by atoms with Crippen LogP contribution in [0.1, 0.15) is 25.0 Å². The lowest BCUT2D eigenvalue weighted by Gasteiger charge is -2.21. The van der Waals surface area contributed by atoms with Crippen LogP contribution in [0.25, 0.3) is 21.9 Å². The van der Waals surface area contributed by atoms with Crippen LogP contribution in [0.4, 0.5) is 4.39 Å². The Morgan fingerprint density at radius 2 is 1.40 bits per heavy atom. The molecule has 0 aliphatic heterocycles. The molecule has 0 N–H and O–H groups in total. The molecule has 1 heteroatoms. The van der Waals surface area contributed by atoms with Crippen molar-refractivity contribution in [2.24, 2.45) is 0 Å². The van der Waals surface area contributed by atoms with Crippen molar-refractivity contribution in [2.75, 3.05) is 0 Å². The summed E-state index contributed by atoms with van der Waals surface area (Å²) in [7, 11) is 0. The molecule has 0 heterocycles. The van der Waals surface area contributed by atoms with Crippen molar-refractivity contribution in [3.05, 3.63) is 71.5 Å². The van der Waals surface area contributed by atoms with Crippen LogP contribution in [0.3, 0.4) is 0 Å². The fourth-order valence-corrected chi connectivity index (χ4v) is 3.39. The highest BCUT2D eigenvalue weighted by atomic mass is 19.1. The third-order valence-corrected chi connectivity index (χ3v) is 4.50. The average molecular weight is 262 g/mol. The van der Waals surface area contributed by atoms with Gasteiger partial charge in [0.15, 0.2) is 0 Å². The van der Waals surface area contributed by atoms with Crippen molar-refractivity contribution >= 4 is 10.8 Å². The number of halogens is 1. The molecule has 0 spiro atoms. The molecule has 0 saturated heterocycles. The maximum Gasteiger partial charge on any atom is 0.123 e. The Hall–Kier alpha value is -2.15. The Bertz CT molecular complexity index is 844. The molecule has 1 aliphatic carbocycles. The van der Waals surface area contributed by atoms with Gasteiger partial charge >= 0.3 is 0 Å². The number of hydrogen-bond acceptors (Lipinski definition) is 0. The molecule has 3 aromatic rings. The monoisotopic (exact) mass is 262 g/mol. The van der Waals surface area contributed by atoms with E-state index in [2.05, 4.69) is 50.2 Å². The zero-order valence-electron chi connectivity index (χ0n) is 11.6. The molecule has 0 atom stereocenters. The number of fused-ring (bicyclic) bond motifs is 4. The van der Waals surface area contributed by atoms with Gasteiger partial charge in [0.1, 0.15) is 5.82 Å². The summed E-state index contributed by atoms with van der Waals surface area (Å²) in [6, 6.07) is 18.0. The van der Waals surface area contributed by atoms with Crippen molar-refractivity contribution in [2.45, 2.75) is 19.3 Å². The molecular weight excluding hydrogens is 247 g/mol. The lowest BCUT2D eigenvalue weighted by Crippen LogP contribution is -2.15. The van der Waals surface area contributed by atoms with Gasteiger partial charge in [0.2, 0.25) is 0 Å². The molecule has 0 radical (unpaired) electrons. The van der Waals surface area contributed by atoms with Gasteiger partial charge in [-0.25, -0.2) is 4.39 Å². The quantitative estimate of drug-likeness (QED) is 0.516. The first-order valence-electron chi connectivity index (χ1n) is 6.91. The van der Waals surface area contributed by atoms with E-state index in [1.54, 1.807) is 12.1 Å². The van der Waals surface area contributed by atoms with Crippen molar-refractivity contribution in [3.8, 4) is 11.1 Å². The zero-order chi connectivity index (χ0) is 13.9. The summed E-state index contributed by atoms with van der Waals surface area (Å²) in [6.45, 7) is 4.34. The standard InChI is InChI=1S/C19H15F/c1-19(2)17-10-13-6-4-3-5-12(13)9-16(17)15-8-7-14(20)11-18(15)19/h3-11H,1-2H3. The molecule has 0 saturated carbocycles. The summed E-state index contributed by atoms with van der Waals surface area (Å²) in [5.74, 6) is -0.158. The van der Waals surface area contributed by atoms with Gasteiger partial charge in [0.05, 0.1) is 0 Å². The fourth-order valence-electron chi connectivity index (χ4n) is 3.39. The smallest absolute Gasteiger partial charge is 0.123 e. The Morgan fingerprint density at radius 1 is 0.750 bits per heavy atom. The fraction of sp³-hybridized carbons (Fsp3) is 0.158. The van der Waals surface area contributed by atoms with Crippen molar-refractivity contribution < 1.29 is 4.39 Å². The van der Waals surface area contributed by atoms with Gasteiger partial charge in [-0.15, -0.1) is 0 Å². The molecule has 1 aliphatic rings. The van der Waals surface area contributed by atoms with E-state index in [0.29, 0.717) is 0 Å². The molecule has 0 nitrogen and oxygen atoms in total. The highest BCUT2D eigenvalue weighted by Gasteiger charge is 2.35. The maximum atomic E-state index is 13.6.